The fourth-order valence-electron chi connectivity index (χ4n) is 2.84. The van der Waals surface area contributed by atoms with Crippen LogP contribution < -0.4 is 5.73 Å². The van der Waals surface area contributed by atoms with Gasteiger partial charge in [-0.15, -0.1) is 12.4 Å². The van der Waals surface area contributed by atoms with Gasteiger partial charge in [-0.3, -0.25) is 4.79 Å². The number of carbonyl (C=O) groups excluding carboxylic acids is 1. The second-order valence-corrected chi connectivity index (χ2v) is 5.22. The minimum Gasteiger partial charge on any atom is -0.467 e. The first-order valence-electron chi connectivity index (χ1n) is 7.03. The van der Waals surface area contributed by atoms with E-state index >= 15 is 0 Å². The van der Waals surface area contributed by atoms with Gasteiger partial charge in [-0.05, 0) is 36.6 Å². The third-order valence-electron chi connectivity index (χ3n) is 3.85. The lowest BCUT2D eigenvalue weighted by Gasteiger charge is -2.24. The molecule has 0 spiro atoms. The van der Waals surface area contributed by atoms with Gasteiger partial charge in [0.05, 0.1) is 18.2 Å². The molecule has 2 heterocycles. The molecule has 1 aromatic heterocycles. The van der Waals surface area contributed by atoms with Crippen LogP contribution in [0.1, 0.15) is 40.6 Å². The van der Waals surface area contributed by atoms with Crippen LogP contribution >= 0.6 is 12.4 Å². The Hall–Kier alpha value is -1.85. The molecule has 0 saturated carbocycles. The SMILES string of the molecule is Cl.NCc1cc(C(=O)N2CCCC2c2cccc(F)c2)co1. The fourth-order valence-corrected chi connectivity index (χ4v) is 2.84. The van der Waals surface area contributed by atoms with E-state index in [9.17, 15) is 9.18 Å². The number of halogens is 2. The zero-order valence-corrected chi connectivity index (χ0v) is 12.8. The number of hydrogen-bond donors (Lipinski definition) is 1. The molecule has 1 aliphatic rings. The van der Waals surface area contributed by atoms with E-state index in [0.29, 0.717) is 17.9 Å². The molecule has 118 valence electrons. The summed E-state index contributed by atoms with van der Waals surface area (Å²) in [4.78, 5) is 14.4. The molecule has 1 fully saturated rings. The maximum absolute atomic E-state index is 13.4. The summed E-state index contributed by atoms with van der Waals surface area (Å²) in [7, 11) is 0. The maximum Gasteiger partial charge on any atom is 0.257 e. The van der Waals surface area contributed by atoms with Crippen molar-refractivity contribution in [2.24, 2.45) is 5.73 Å². The topological polar surface area (TPSA) is 59.5 Å². The fraction of sp³-hybridized carbons (Fsp3) is 0.312. The Kier molecular flexibility index (Phi) is 5.21. The Morgan fingerprint density at radius 3 is 2.91 bits per heavy atom. The van der Waals surface area contributed by atoms with Crippen molar-refractivity contribution in [3.8, 4) is 0 Å². The van der Waals surface area contributed by atoms with Gasteiger partial charge < -0.3 is 15.1 Å². The van der Waals surface area contributed by atoms with Crippen molar-refractivity contribution in [1.29, 1.82) is 0 Å². The van der Waals surface area contributed by atoms with Crippen LogP contribution in [0, 0.1) is 5.82 Å². The van der Waals surface area contributed by atoms with Gasteiger partial charge in [0, 0.05) is 6.54 Å². The van der Waals surface area contributed by atoms with Crippen molar-refractivity contribution < 1.29 is 13.6 Å². The summed E-state index contributed by atoms with van der Waals surface area (Å²) in [5.74, 6) is 0.214. The lowest BCUT2D eigenvalue weighted by Crippen LogP contribution is -2.30. The third kappa shape index (κ3) is 3.15. The molecule has 0 aliphatic carbocycles. The average Bonchev–Trinajstić information content (AvgIpc) is 3.15. The minimum absolute atomic E-state index is 0. The second-order valence-electron chi connectivity index (χ2n) is 5.22. The third-order valence-corrected chi connectivity index (χ3v) is 3.85. The highest BCUT2D eigenvalue weighted by atomic mass is 35.5. The van der Waals surface area contributed by atoms with Crippen LogP contribution in [0.2, 0.25) is 0 Å². The molecular weight excluding hydrogens is 307 g/mol. The first-order chi connectivity index (χ1) is 10.2. The Labute approximate surface area is 134 Å². The van der Waals surface area contributed by atoms with Crippen LogP contribution in [0.15, 0.2) is 41.0 Å². The molecule has 4 nitrogen and oxygen atoms in total. The molecule has 1 unspecified atom stereocenters. The van der Waals surface area contributed by atoms with Crippen LogP contribution in [0.25, 0.3) is 0 Å². The molecule has 1 saturated heterocycles. The number of rotatable bonds is 3. The number of hydrogen-bond acceptors (Lipinski definition) is 3. The Morgan fingerprint density at radius 1 is 1.41 bits per heavy atom. The number of carbonyl (C=O) groups is 1. The molecule has 2 aromatic rings. The molecule has 6 heteroatoms. The summed E-state index contributed by atoms with van der Waals surface area (Å²) in [6.07, 6.45) is 3.19. The van der Waals surface area contributed by atoms with Gasteiger partial charge in [-0.25, -0.2) is 4.39 Å². The van der Waals surface area contributed by atoms with Gasteiger partial charge in [-0.1, -0.05) is 12.1 Å². The van der Waals surface area contributed by atoms with E-state index < -0.39 is 0 Å². The zero-order chi connectivity index (χ0) is 14.8. The van der Waals surface area contributed by atoms with E-state index in [4.69, 9.17) is 10.2 Å². The van der Waals surface area contributed by atoms with E-state index in [1.54, 1.807) is 17.0 Å². The van der Waals surface area contributed by atoms with Crippen LogP contribution in [0.4, 0.5) is 4.39 Å². The van der Waals surface area contributed by atoms with Crippen LogP contribution in [0.3, 0.4) is 0 Å². The largest absolute Gasteiger partial charge is 0.467 e. The van der Waals surface area contributed by atoms with Crippen molar-refractivity contribution >= 4 is 18.3 Å². The van der Waals surface area contributed by atoms with Gasteiger partial charge in [0.25, 0.3) is 5.91 Å². The van der Waals surface area contributed by atoms with E-state index in [1.165, 1.54) is 18.4 Å². The summed E-state index contributed by atoms with van der Waals surface area (Å²) >= 11 is 0. The molecule has 0 bridgehead atoms. The van der Waals surface area contributed by atoms with Gasteiger partial charge >= 0.3 is 0 Å². The highest BCUT2D eigenvalue weighted by Gasteiger charge is 2.31. The van der Waals surface area contributed by atoms with Gasteiger partial charge in [0.2, 0.25) is 0 Å². The summed E-state index contributed by atoms with van der Waals surface area (Å²) in [6.45, 7) is 0.934. The molecular formula is C16H18ClFN2O2. The van der Waals surface area contributed by atoms with Crippen LogP contribution in [-0.2, 0) is 6.54 Å². The number of nitrogens with two attached hydrogens (primary N) is 1. The van der Waals surface area contributed by atoms with E-state index in [-0.39, 0.29) is 36.7 Å². The normalized spacial score (nSPS) is 17.4. The standard InChI is InChI=1S/C16H17FN2O2.ClH/c17-13-4-1-3-11(7-13)15-5-2-6-19(15)16(20)12-8-14(9-18)21-10-12;/h1,3-4,7-8,10,15H,2,5-6,9,18H2;1H. The van der Waals surface area contributed by atoms with Crippen molar-refractivity contribution in [2.75, 3.05) is 6.54 Å². The first-order valence-corrected chi connectivity index (χ1v) is 7.03. The van der Waals surface area contributed by atoms with E-state index in [0.717, 1.165) is 18.4 Å². The summed E-state index contributed by atoms with van der Waals surface area (Å²) in [6, 6.07) is 8.04. The molecule has 0 radical (unpaired) electrons. The smallest absolute Gasteiger partial charge is 0.257 e. The molecule has 3 rings (SSSR count). The van der Waals surface area contributed by atoms with Crippen molar-refractivity contribution in [3.05, 3.63) is 59.3 Å². The molecule has 1 amide bonds. The zero-order valence-electron chi connectivity index (χ0n) is 12.0. The molecule has 2 N–H and O–H groups in total. The minimum atomic E-state index is -0.277. The average molecular weight is 325 g/mol. The monoisotopic (exact) mass is 324 g/mol. The number of furan rings is 1. The highest BCUT2D eigenvalue weighted by molar-refractivity contribution is 5.94. The summed E-state index contributed by atoms with van der Waals surface area (Å²) in [5.41, 5.74) is 6.83. The summed E-state index contributed by atoms with van der Waals surface area (Å²) < 4.78 is 18.6. The lowest BCUT2D eigenvalue weighted by atomic mass is 10.0. The van der Waals surface area contributed by atoms with E-state index in [1.807, 2.05) is 6.07 Å². The van der Waals surface area contributed by atoms with Crippen LogP contribution in [0.5, 0.6) is 0 Å². The second kappa shape index (κ2) is 6.94. The van der Waals surface area contributed by atoms with Gasteiger partial charge in [0.15, 0.2) is 0 Å². The predicted molar refractivity (Wildman–Crippen MR) is 83.3 cm³/mol. The quantitative estimate of drug-likeness (QED) is 0.942. The maximum atomic E-state index is 13.4. The Balaban J connectivity index is 0.00000176. The highest BCUT2D eigenvalue weighted by Crippen LogP contribution is 2.33. The predicted octanol–water partition coefficient (Wildman–Crippen LogP) is 3.28. The molecule has 1 atom stereocenters. The van der Waals surface area contributed by atoms with E-state index in [2.05, 4.69) is 0 Å². The number of nitrogens with zero attached hydrogens (tertiary/aromatic N) is 1. The first kappa shape index (κ1) is 16.5. The number of amides is 1. The van der Waals surface area contributed by atoms with Crippen LogP contribution in [-0.4, -0.2) is 17.4 Å². The molecule has 1 aromatic carbocycles. The van der Waals surface area contributed by atoms with Gasteiger partial charge in [0.1, 0.15) is 17.8 Å². The lowest BCUT2D eigenvalue weighted by molar-refractivity contribution is 0.0734. The number of benzene rings is 1. The van der Waals surface area contributed by atoms with Crippen molar-refractivity contribution in [1.82, 2.24) is 4.90 Å². The van der Waals surface area contributed by atoms with Crippen molar-refractivity contribution in [3.63, 3.8) is 0 Å². The number of likely N-dealkylation sites (tertiary alicyclic amines) is 1. The Morgan fingerprint density at radius 2 is 2.23 bits per heavy atom. The molecule has 22 heavy (non-hydrogen) atoms. The molecule has 1 aliphatic heterocycles. The summed E-state index contributed by atoms with van der Waals surface area (Å²) in [5, 5.41) is 0. The van der Waals surface area contributed by atoms with Gasteiger partial charge in [-0.2, -0.15) is 0 Å². The van der Waals surface area contributed by atoms with Crippen molar-refractivity contribution in [2.45, 2.75) is 25.4 Å². The Bertz CT molecular complexity index is 659.